The number of halogens is 2. The number of nitrogens with one attached hydrogen (secondary N) is 2. The van der Waals surface area contributed by atoms with Crippen molar-refractivity contribution >= 4 is 34.7 Å². The number of hydrogen-bond acceptors (Lipinski definition) is 4. The van der Waals surface area contributed by atoms with E-state index in [1.807, 2.05) is 18.2 Å². The third-order valence-corrected chi connectivity index (χ3v) is 6.14. The number of nitrogens with zero attached hydrogens (tertiary/aromatic N) is 2. The highest BCUT2D eigenvalue weighted by Crippen LogP contribution is 2.28. The second kappa shape index (κ2) is 7.56. The van der Waals surface area contributed by atoms with Crippen molar-refractivity contribution in [2.24, 2.45) is 0 Å². The Kier molecular flexibility index (Phi) is 4.57. The fraction of sp³-hybridized carbons (Fsp3) is 0.154. The molecule has 7 nitrogen and oxygen atoms in total. The van der Waals surface area contributed by atoms with Gasteiger partial charge in [0.05, 0.1) is 22.8 Å². The number of H-pyrrole nitrogens is 2. The Morgan fingerprint density at radius 1 is 1.17 bits per heavy atom. The predicted octanol–water partition coefficient (Wildman–Crippen LogP) is 3.56. The lowest BCUT2D eigenvalue weighted by Crippen LogP contribution is -2.43. The number of aryl methyl sites for hydroxylation is 1. The Bertz CT molecular complexity index is 1740. The molecular formula is C26H20F2N4O3. The molecule has 0 amide bonds. The average molecular weight is 474 g/mol. The van der Waals surface area contributed by atoms with E-state index >= 15 is 0 Å². The maximum Gasteiger partial charge on any atom is 0.270 e. The van der Waals surface area contributed by atoms with E-state index in [9.17, 15) is 13.6 Å². The van der Waals surface area contributed by atoms with E-state index in [-0.39, 0.29) is 5.78 Å². The van der Waals surface area contributed by atoms with Gasteiger partial charge in [-0.25, -0.2) is 13.3 Å². The third-order valence-electron chi connectivity index (χ3n) is 6.14. The second-order valence-corrected chi connectivity index (χ2v) is 8.58. The van der Waals surface area contributed by atoms with Gasteiger partial charge in [0.25, 0.3) is 5.79 Å². The Labute approximate surface area is 197 Å². The third kappa shape index (κ3) is 3.39. The van der Waals surface area contributed by atoms with E-state index in [2.05, 4.69) is 28.1 Å². The van der Waals surface area contributed by atoms with Crippen molar-refractivity contribution in [3.63, 3.8) is 0 Å². The highest BCUT2D eigenvalue weighted by Gasteiger charge is 2.31. The van der Waals surface area contributed by atoms with Crippen LogP contribution in [0.4, 0.5) is 8.78 Å². The van der Waals surface area contributed by atoms with Crippen LogP contribution in [0.25, 0.3) is 28.9 Å². The van der Waals surface area contributed by atoms with Crippen molar-refractivity contribution in [3.05, 3.63) is 87.8 Å². The highest BCUT2D eigenvalue weighted by molar-refractivity contribution is 6.13. The zero-order valence-electron chi connectivity index (χ0n) is 18.9. The summed E-state index contributed by atoms with van der Waals surface area (Å²) in [6.45, 7) is 3.61. The van der Waals surface area contributed by atoms with E-state index < -0.39 is 23.2 Å². The van der Waals surface area contributed by atoms with Crippen molar-refractivity contribution in [3.8, 4) is 5.75 Å². The number of benzene rings is 2. The normalized spacial score (nSPS) is 17.0. The number of carbonyl (C=O) groups is 1. The van der Waals surface area contributed by atoms with Crippen molar-refractivity contribution in [2.45, 2.75) is 26.1 Å². The molecular weight excluding hydrogens is 454 g/mol. The van der Waals surface area contributed by atoms with Crippen molar-refractivity contribution in [1.29, 1.82) is 0 Å². The lowest BCUT2D eigenvalue weighted by molar-refractivity contribution is -0.0622. The van der Waals surface area contributed by atoms with Crippen LogP contribution in [0, 0.1) is 11.6 Å². The van der Waals surface area contributed by atoms with Crippen LogP contribution in [-0.2, 0) is 11.2 Å². The Morgan fingerprint density at radius 3 is 2.74 bits per heavy atom. The smallest absolute Gasteiger partial charge is 0.270 e. The quantitative estimate of drug-likeness (QED) is 0.382. The van der Waals surface area contributed by atoms with E-state index in [1.54, 1.807) is 10.6 Å². The van der Waals surface area contributed by atoms with Gasteiger partial charge >= 0.3 is 0 Å². The van der Waals surface area contributed by atoms with Gasteiger partial charge in [-0.05, 0) is 42.3 Å². The first-order chi connectivity index (χ1) is 16.8. The van der Waals surface area contributed by atoms with Crippen LogP contribution in [0.3, 0.4) is 0 Å². The molecule has 9 heteroatoms. The fourth-order valence-corrected chi connectivity index (χ4v) is 4.32. The van der Waals surface area contributed by atoms with Gasteiger partial charge in [0.1, 0.15) is 17.3 Å². The topological polar surface area (TPSA) is 84.4 Å². The summed E-state index contributed by atoms with van der Waals surface area (Å²) in [6.07, 6.45) is 5.33. The molecule has 0 fully saturated rings. The number of imidazole rings is 1. The molecule has 1 aliphatic rings. The number of carbonyl (C=O) groups excluding carboxylic acids is 1. The van der Waals surface area contributed by atoms with Gasteiger partial charge in [0, 0.05) is 23.9 Å². The Morgan fingerprint density at radius 2 is 1.97 bits per heavy atom. The molecule has 2 N–H and O–H groups in total. The molecule has 0 saturated heterocycles. The summed E-state index contributed by atoms with van der Waals surface area (Å²) in [5.41, 5.74) is 3.34. The largest absolute Gasteiger partial charge is 0.454 e. The van der Waals surface area contributed by atoms with Gasteiger partial charge in [-0.2, -0.15) is 5.10 Å². The molecule has 0 aliphatic carbocycles. The number of para-hydroxylation sites is 1. The number of aromatic amines is 2. The van der Waals surface area contributed by atoms with Crippen LogP contribution in [0.1, 0.15) is 35.5 Å². The Balaban J connectivity index is 1.39. The minimum Gasteiger partial charge on any atom is -0.454 e. The molecule has 1 unspecified atom stereocenters. The molecule has 1 aliphatic heterocycles. The zero-order chi connectivity index (χ0) is 24.3. The standard InChI is InChI=1S/C26H20F2N4O3/c1-3-14-7-8-19-15(9-14)10-20(30-19)23(33)16-12-29-32-22-13-34-26(2,11-21(22)31-25(16)32)35-24-17(27)5-4-6-18(24)28/h4-13,30-31H,3H2,1-2H3. The van der Waals surface area contributed by atoms with Crippen molar-refractivity contribution < 1.29 is 23.0 Å². The van der Waals surface area contributed by atoms with Crippen LogP contribution in [0.5, 0.6) is 5.75 Å². The molecule has 0 spiro atoms. The SMILES string of the molecule is CCc1ccc2[nH]c(C(=O)c3cnn4c5c([nH]c34)=CC(C)(Oc3c(F)cccc3F)OC=5)cc2c1. The van der Waals surface area contributed by atoms with Gasteiger partial charge in [-0.15, -0.1) is 0 Å². The van der Waals surface area contributed by atoms with Gasteiger partial charge in [-0.3, -0.25) is 4.79 Å². The van der Waals surface area contributed by atoms with Crippen LogP contribution < -0.4 is 15.4 Å². The van der Waals surface area contributed by atoms with E-state index in [4.69, 9.17) is 9.47 Å². The number of fused-ring (bicyclic) bond motifs is 4. The number of hydrogen-bond donors (Lipinski definition) is 2. The summed E-state index contributed by atoms with van der Waals surface area (Å²) in [6, 6.07) is 11.3. The summed E-state index contributed by atoms with van der Waals surface area (Å²) in [7, 11) is 0. The van der Waals surface area contributed by atoms with Crippen LogP contribution >= 0.6 is 0 Å². The first-order valence-electron chi connectivity index (χ1n) is 11.1. The molecule has 0 radical (unpaired) electrons. The molecule has 5 aromatic rings. The molecule has 6 rings (SSSR count). The minimum absolute atomic E-state index is 0.221. The second-order valence-electron chi connectivity index (χ2n) is 8.58. The molecule has 2 aromatic carbocycles. The monoisotopic (exact) mass is 474 g/mol. The number of ether oxygens (including phenoxy) is 2. The first-order valence-corrected chi connectivity index (χ1v) is 11.1. The van der Waals surface area contributed by atoms with Crippen LogP contribution in [-0.4, -0.2) is 31.2 Å². The van der Waals surface area contributed by atoms with E-state index in [0.717, 1.165) is 29.5 Å². The fourth-order valence-electron chi connectivity index (χ4n) is 4.32. The molecule has 4 heterocycles. The predicted molar refractivity (Wildman–Crippen MR) is 125 cm³/mol. The van der Waals surface area contributed by atoms with Crippen LogP contribution in [0.15, 0.2) is 48.7 Å². The minimum atomic E-state index is -1.49. The molecule has 35 heavy (non-hydrogen) atoms. The van der Waals surface area contributed by atoms with Crippen LogP contribution in [0.2, 0.25) is 0 Å². The molecule has 3 aromatic heterocycles. The van der Waals surface area contributed by atoms with Gasteiger partial charge in [0.2, 0.25) is 5.78 Å². The average Bonchev–Trinajstić information content (AvgIpc) is 3.53. The van der Waals surface area contributed by atoms with Crippen molar-refractivity contribution in [1.82, 2.24) is 19.6 Å². The molecule has 0 saturated carbocycles. The van der Waals surface area contributed by atoms with Crippen molar-refractivity contribution in [2.75, 3.05) is 0 Å². The Hall–Kier alpha value is -4.40. The number of ketones is 1. The summed E-state index contributed by atoms with van der Waals surface area (Å²) in [5.74, 6) is -3.93. The zero-order valence-corrected chi connectivity index (χ0v) is 18.9. The number of rotatable bonds is 5. The number of aromatic nitrogens is 4. The molecule has 1 atom stereocenters. The van der Waals surface area contributed by atoms with E-state index in [0.29, 0.717) is 27.6 Å². The summed E-state index contributed by atoms with van der Waals surface area (Å²) in [5, 5.41) is 6.38. The molecule has 176 valence electrons. The van der Waals surface area contributed by atoms with Gasteiger partial charge < -0.3 is 19.4 Å². The van der Waals surface area contributed by atoms with E-state index in [1.165, 1.54) is 31.0 Å². The summed E-state index contributed by atoms with van der Waals surface area (Å²) >= 11 is 0. The van der Waals surface area contributed by atoms with Gasteiger partial charge in [0.15, 0.2) is 17.4 Å². The highest BCUT2D eigenvalue weighted by atomic mass is 19.1. The lowest BCUT2D eigenvalue weighted by Gasteiger charge is -2.28. The summed E-state index contributed by atoms with van der Waals surface area (Å²) < 4.78 is 41.0. The lowest BCUT2D eigenvalue weighted by atomic mass is 10.1. The maximum absolute atomic E-state index is 14.1. The maximum atomic E-state index is 14.1. The molecule has 0 bridgehead atoms. The summed E-state index contributed by atoms with van der Waals surface area (Å²) in [4.78, 5) is 19.7. The van der Waals surface area contributed by atoms with Gasteiger partial charge in [-0.1, -0.05) is 19.1 Å². The first kappa shape index (κ1) is 21.2.